The molecule has 2 rings (SSSR count). The molecule has 1 atom stereocenters. The molecule has 0 aliphatic heterocycles. The van der Waals surface area contributed by atoms with Gasteiger partial charge in [-0.25, -0.2) is 0 Å². The Bertz CT molecular complexity index is 716. The Kier molecular flexibility index (Phi) is 9.26. The third-order valence-electron chi connectivity index (χ3n) is 4.73. The molecule has 0 aliphatic carbocycles. The molecule has 0 saturated carbocycles. The third kappa shape index (κ3) is 6.52. The SMILES string of the molecule is CCCCCNC(=O)C(c1ccccc1)N(Cc1ccccc1)C(=O)CCC. The first kappa shape index (κ1) is 21.7. The number of nitrogens with zero attached hydrogens (tertiary/aromatic N) is 1. The van der Waals surface area contributed by atoms with Crippen LogP contribution in [0.4, 0.5) is 0 Å². The fourth-order valence-corrected chi connectivity index (χ4v) is 3.25. The highest BCUT2D eigenvalue weighted by Crippen LogP contribution is 2.25. The van der Waals surface area contributed by atoms with Gasteiger partial charge < -0.3 is 10.2 Å². The Morgan fingerprint density at radius 3 is 2.14 bits per heavy atom. The van der Waals surface area contributed by atoms with Crippen LogP contribution in [-0.4, -0.2) is 23.3 Å². The van der Waals surface area contributed by atoms with Gasteiger partial charge in [-0.15, -0.1) is 0 Å². The van der Waals surface area contributed by atoms with Crippen molar-refractivity contribution < 1.29 is 9.59 Å². The van der Waals surface area contributed by atoms with Crippen molar-refractivity contribution in [3.05, 3.63) is 71.8 Å². The predicted octanol–water partition coefficient (Wildman–Crippen LogP) is 4.86. The zero-order valence-corrected chi connectivity index (χ0v) is 17.1. The molecule has 4 heteroatoms. The minimum absolute atomic E-state index is 0.00362. The maximum Gasteiger partial charge on any atom is 0.247 e. The summed E-state index contributed by atoms with van der Waals surface area (Å²) < 4.78 is 0. The van der Waals surface area contributed by atoms with Crippen molar-refractivity contribution in [1.82, 2.24) is 10.2 Å². The lowest BCUT2D eigenvalue weighted by atomic mass is 10.0. The van der Waals surface area contributed by atoms with E-state index in [0.717, 1.165) is 36.8 Å². The van der Waals surface area contributed by atoms with E-state index in [-0.39, 0.29) is 11.8 Å². The van der Waals surface area contributed by atoms with Crippen molar-refractivity contribution in [3.8, 4) is 0 Å². The second-order valence-corrected chi connectivity index (χ2v) is 7.07. The molecule has 28 heavy (non-hydrogen) atoms. The van der Waals surface area contributed by atoms with E-state index in [1.807, 2.05) is 67.6 Å². The van der Waals surface area contributed by atoms with Crippen molar-refractivity contribution >= 4 is 11.8 Å². The Morgan fingerprint density at radius 1 is 0.893 bits per heavy atom. The number of carbonyl (C=O) groups excluding carboxylic acids is 2. The average Bonchev–Trinajstić information content (AvgIpc) is 2.72. The largest absolute Gasteiger partial charge is 0.354 e. The number of rotatable bonds is 11. The summed E-state index contributed by atoms with van der Waals surface area (Å²) in [7, 11) is 0. The molecule has 0 bridgehead atoms. The van der Waals surface area contributed by atoms with Crippen molar-refractivity contribution in [2.75, 3.05) is 6.54 Å². The molecule has 1 N–H and O–H groups in total. The monoisotopic (exact) mass is 380 g/mol. The van der Waals surface area contributed by atoms with Crippen LogP contribution in [0.5, 0.6) is 0 Å². The van der Waals surface area contributed by atoms with Crippen molar-refractivity contribution in [2.45, 2.75) is 58.5 Å². The Morgan fingerprint density at radius 2 is 1.54 bits per heavy atom. The van der Waals surface area contributed by atoms with E-state index in [1.165, 1.54) is 0 Å². The zero-order valence-electron chi connectivity index (χ0n) is 17.1. The highest BCUT2D eigenvalue weighted by atomic mass is 16.2. The normalized spacial score (nSPS) is 11.6. The van der Waals surface area contributed by atoms with E-state index in [4.69, 9.17) is 0 Å². The van der Waals surface area contributed by atoms with E-state index in [2.05, 4.69) is 12.2 Å². The molecule has 1 unspecified atom stereocenters. The predicted molar refractivity (Wildman–Crippen MR) is 114 cm³/mol. The van der Waals surface area contributed by atoms with Gasteiger partial charge in [0.25, 0.3) is 0 Å². The van der Waals surface area contributed by atoms with E-state index >= 15 is 0 Å². The van der Waals surface area contributed by atoms with Gasteiger partial charge in [-0.3, -0.25) is 9.59 Å². The fourth-order valence-electron chi connectivity index (χ4n) is 3.25. The van der Waals surface area contributed by atoms with E-state index in [9.17, 15) is 9.59 Å². The number of unbranched alkanes of at least 4 members (excludes halogenated alkanes) is 2. The van der Waals surface area contributed by atoms with Gasteiger partial charge in [0.1, 0.15) is 6.04 Å². The number of nitrogens with one attached hydrogen (secondary N) is 1. The smallest absolute Gasteiger partial charge is 0.247 e. The molecule has 0 aromatic heterocycles. The maximum atomic E-state index is 13.1. The van der Waals surface area contributed by atoms with Crippen LogP contribution in [0, 0.1) is 0 Å². The van der Waals surface area contributed by atoms with Crippen molar-refractivity contribution in [2.24, 2.45) is 0 Å². The molecule has 150 valence electrons. The summed E-state index contributed by atoms with van der Waals surface area (Å²) in [4.78, 5) is 27.9. The van der Waals surface area contributed by atoms with E-state index in [0.29, 0.717) is 19.5 Å². The zero-order chi connectivity index (χ0) is 20.2. The quantitative estimate of drug-likeness (QED) is 0.566. The van der Waals surface area contributed by atoms with Gasteiger partial charge in [0.05, 0.1) is 0 Å². The van der Waals surface area contributed by atoms with Gasteiger partial charge >= 0.3 is 0 Å². The number of hydrogen-bond acceptors (Lipinski definition) is 2. The second-order valence-electron chi connectivity index (χ2n) is 7.07. The fraction of sp³-hybridized carbons (Fsp3) is 0.417. The standard InChI is InChI=1S/C24H32N2O2/c1-3-5-12-18-25-24(28)23(21-16-10-7-11-17-21)26(22(27)13-4-2)19-20-14-8-6-9-15-20/h6-11,14-17,23H,3-5,12-13,18-19H2,1-2H3,(H,25,28). The van der Waals surface area contributed by atoms with E-state index < -0.39 is 6.04 Å². The topological polar surface area (TPSA) is 49.4 Å². The van der Waals surface area contributed by atoms with Gasteiger partial charge in [-0.2, -0.15) is 0 Å². The van der Waals surface area contributed by atoms with Crippen molar-refractivity contribution in [3.63, 3.8) is 0 Å². The molecular weight excluding hydrogens is 348 g/mol. The molecule has 0 fully saturated rings. The summed E-state index contributed by atoms with van der Waals surface area (Å²) >= 11 is 0. The van der Waals surface area contributed by atoms with Crippen LogP contribution in [0.1, 0.15) is 63.1 Å². The van der Waals surface area contributed by atoms with Crippen LogP contribution in [0.3, 0.4) is 0 Å². The lowest BCUT2D eigenvalue weighted by Gasteiger charge is -2.31. The Balaban J connectivity index is 2.31. The summed E-state index contributed by atoms with van der Waals surface area (Å²) in [6, 6.07) is 18.8. The number of carbonyl (C=O) groups is 2. The first-order valence-corrected chi connectivity index (χ1v) is 10.3. The average molecular weight is 381 g/mol. The van der Waals surface area contributed by atoms with Crippen molar-refractivity contribution in [1.29, 1.82) is 0 Å². The molecule has 2 amide bonds. The highest BCUT2D eigenvalue weighted by molar-refractivity contribution is 5.88. The molecule has 2 aromatic carbocycles. The second kappa shape index (κ2) is 12.0. The van der Waals surface area contributed by atoms with Crippen LogP contribution in [0.2, 0.25) is 0 Å². The molecule has 0 radical (unpaired) electrons. The number of benzene rings is 2. The molecule has 0 saturated heterocycles. The van der Waals surface area contributed by atoms with Gasteiger partial charge in [0.15, 0.2) is 0 Å². The lowest BCUT2D eigenvalue weighted by molar-refractivity contribution is -0.141. The molecule has 0 aliphatic rings. The Hall–Kier alpha value is -2.62. The molecule has 4 nitrogen and oxygen atoms in total. The number of hydrogen-bond donors (Lipinski definition) is 1. The molecule has 0 heterocycles. The van der Waals surface area contributed by atoms with Crippen LogP contribution < -0.4 is 5.32 Å². The number of amides is 2. The van der Waals surface area contributed by atoms with Crippen LogP contribution >= 0.6 is 0 Å². The minimum Gasteiger partial charge on any atom is -0.354 e. The summed E-state index contributed by atoms with van der Waals surface area (Å²) in [5.41, 5.74) is 1.86. The summed E-state index contributed by atoms with van der Waals surface area (Å²) in [5.74, 6) is -0.105. The van der Waals surface area contributed by atoms with E-state index in [1.54, 1.807) is 4.90 Å². The first-order valence-electron chi connectivity index (χ1n) is 10.3. The van der Waals surface area contributed by atoms with Gasteiger partial charge in [0, 0.05) is 19.5 Å². The van der Waals surface area contributed by atoms with Gasteiger partial charge in [0.2, 0.25) is 11.8 Å². The molecule has 0 spiro atoms. The first-order chi connectivity index (χ1) is 13.7. The highest BCUT2D eigenvalue weighted by Gasteiger charge is 2.30. The third-order valence-corrected chi connectivity index (χ3v) is 4.73. The van der Waals surface area contributed by atoms with Crippen LogP contribution in [0.25, 0.3) is 0 Å². The van der Waals surface area contributed by atoms with Gasteiger partial charge in [-0.05, 0) is 24.0 Å². The Labute approximate surface area is 169 Å². The molecule has 2 aromatic rings. The maximum absolute atomic E-state index is 13.1. The summed E-state index contributed by atoms with van der Waals surface area (Å²) in [5, 5.41) is 3.05. The molecular formula is C24H32N2O2. The summed E-state index contributed by atoms with van der Waals surface area (Å²) in [6.45, 7) is 5.18. The minimum atomic E-state index is -0.623. The van der Waals surface area contributed by atoms with Crippen LogP contribution in [-0.2, 0) is 16.1 Å². The van der Waals surface area contributed by atoms with Crippen LogP contribution in [0.15, 0.2) is 60.7 Å². The lowest BCUT2D eigenvalue weighted by Crippen LogP contribution is -2.43. The summed E-state index contributed by atoms with van der Waals surface area (Å²) in [6.07, 6.45) is 4.32. The van der Waals surface area contributed by atoms with Gasteiger partial charge in [-0.1, -0.05) is 87.4 Å².